The Morgan fingerprint density at radius 1 is 1.08 bits per heavy atom. The highest BCUT2D eigenvalue weighted by Gasteiger charge is 2.22. The highest BCUT2D eigenvalue weighted by molar-refractivity contribution is 5.91. The molecule has 1 aliphatic rings. The summed E-state index contributed by atoms with van der Waals surface area (Å²) in [4.78, 5) is 28.4. The fourth-order valence-corrected chi connectivity index (χ4v) is 2.88. The standard InChI is InChI=1S/C17H30N6O2/c1-13-10-14(21(5)20-13)18-15(24)11-22-6-8-23(9-7-22)12-16(25)19-17(2,3)4/h10H,6-9,11-12H2,1-5H3,(H,18,24)(H,19,25). The lowest BCUT2D eigenvalue weighted by molar-refractivity contribution is -0.124. The van der Waals surface area contributed by atoms with Crippen molar-refractivity contribution in [3.8, 4) is 0 Å². The quantitative estimate of drug-likeness (QED) is 0.793. The summed E-state index contributed by atoms with van der Waals surface area (Å²) in [6.45, 7) is 11.7. The topological polar surface area (TPSA) is 82.5 Å². The van der Waals surface area contributed by atoms with Crippen LogP contribution in [0.15, 0.2) is 6.07 Å². The number of hydrogen-bond donors (Lipinski definition) is 2. The third-order valence-electron chi connectivity index (χ3n) is 3.98. The molecule has 8 heteroatoms. The van der Waals surface area contributed by atoms with Crippen molar-refractivity contribution in [2.75, 3.05) is 44.6 Å². The molecular weight excluding hydrogens is 320 g/mol. The van der Waals surface area contributed by atoms with Gasteiger partial charge in [-0.25, -0.2) is 0 Å². The van der Waals surface area contributed by atoms with E-state index in [0.29, 0.717) is 18.9 Å². The second-order valence-corrected chi connectivity index (χ2v) is 7.69. The van der Waals surface area contributed by atoms with E-state index in [9.17, 15) is 9.59 Å². The minimum absolute atomic E-state index is 0.0399. The first-order valence-electron chi connectivity index (χ1n) is 8.68. The van der Waals surface area contributed by atoms with Crippen LogP contribution in [-0.2, 0) is 16.6 Å². The molecule has 2 heterocycles. The summed E-state index contributed by atoms with van der Waals surface area (Å²) in [5.41, 5.74) is 0.668. The monoisotopic (exact) mass is 350 g/mol. The molecular formula is C17H30N6O2. The molecule has 1 aromatic heterocycles. The number of aryl methyl sites for hydroxylation is 2. The van der Waals surface area contributed by atoms with Crippen LogP contribution >= 0.6 is 0 Å². The van der Waals surface area contributed by atoms with Crippen LogP contribution in [0, 0.1) is 6.92 Å². The predicted molar refractivity (Wildman–Crippen MR) is 97.4 cm³/mol. The van der Waals surface area contributed by atoms with Gasteiger partial charge < -0.3 is 10.6 Å². The molecule has 1 fully saturated rings. The molecule has 0 unspecified atom stereocenters. The first-order chi connectivity index (χ1) is 11.6. The first kappa shape index (κ1) is 19.4. The number of aromatic nitrogens is 2. The molecule has 0 aromatic carbocycles. The zero-order chi connectivity index (χ0) is 18.6. The van der Waals surface area contributed by atoms with E-state index in [1.807, 2.05) is 40.8 Å². The lowest BCUT2D eigenvalue weighted by Crippen LogP contribution is -2.52. The summed E-state index contributed by atoms with van der Waals surface area (Å²) < 4.78 is 1.67. The third kappa shape index (κ3) is 6.47. The maximum atomic E-state index is 12.2. The minimum atomic E-state index is -0.207. The molecule has 25 heavy (non-hydrogen) atoms. The van der Waals surface area contributed by atoms with E-state index in [-0.39, 0.29) is 17.4 Å². The molecule has 1 saturated heterocycles. The van der Waals surface area contributed by atoms with Crippen molar-refractivity contribution >= 4 is 17.6 Å². The van der Waals surface area contributed by atoms with E-state index in [2.05, 4.69) is 25.5 Å². The number of nitrogens with zero attached hydrogens (tertiary/aromatic N) is 4. The highest BCUT2D eigenvalue weighted by Crippen LogP contribution is 2.08. The molecule has 1 aromatic rings. The number of carbonyl (C=O) groups is 2. The van der Waals surface area contributed by atoms with Gasteiger partial charge in [0.25, 0.3) is 0 Å². The summed E-state index contributed by atoms with van der Waals surface area (Å²) in [5.74, 6) is 0.715. The number of carbonyl (C=O) groups excluding carboxylic acids is 2. The fraction of sp³-hybridized carbons (Fsp3) is 0.706. The largest absolute Gasteiger partial charge is 0.350 e. The van der Waals surface area contributed by atoms with Crippen molar-refractivity contribution in [1.29, 1.82) is 0 Å². The first-order valence-corrected chi connectivity index (χ1v) is 8.68. The number of piperazine rings is 1. The van der Waals surface area contributed by atoms with Crippen LogP contribution in [0.3, 0.4) is 0 Å². The normalized spacial score (nSPS) is 16.7. The molecule has 140 valence electrons. The van der Waals surface area contributed by atoms with Crippen LogP contribution in [0.25, 0.3) is 0 Å². The molecule has 1 aliphatic heterocycles. The SMILES string of the molecule is Cc1cc(NC(=O)CN2CCN(CC(=O)NC(C)(C)C)CC2)n(C)n1. The molecule has 0 radical (unpaired) electrons. The predicted octanol–water partition coefficient (Wildman–Crippen LogP) is 0.199. The lowest BCUT2D eigenvalue weighted by atomic mass is 10.1. The van der Waals surface area contributed by atoms with Crippen LogP contribution < -0.4 is 10.6 Å². The van der Waals surface area contributed by atoms with E-state index in [1.165, 1.54) is 0 Å². The van der Waals surface area contributed by atoms with E-state index in [4.69, 9.17) is 0 Å². The Labute approximate surface area is 149 Å². The van der Waals surface area contributed by atoms with Crippen LogP contribution in [-0.4, -0.2) is 76.2 Å². The average Bonchev–Trinajstić information content (AvgIpc) is 2.76. The number of nitrogens with one attached hydrogen (secondary N) is 2. The van der Waals surface area contributed by atoms with Gasteiger partial charge in [0.1, 0.15) is 5.82 Å². The highest BCUT2D eigenvalue weighted by atomic mass is 16.2. The molecule has 0 bridgehead atoms. The van der Waals surface area contributed by atoms with Gasteiger partial charge in [-0.3, -0.25) is 24.1 Å². The second kappa shape index (κ2) is 7.97. The van der Waals surface area contributed by atoms with E-state index in [1.54, 1.807) is 4.68 Å². The third-order valence-corrected chi connectivity index (χ3v) is 3.98. The molecule has 8 nitrogen and oxygen atoms in total. The molecule has 0 saturated carbocycles. The van der Waals surface area contributed by atoms with Gasteiger partial charge in [0, 0.05) is 44.8 Å². The van der Waals surface area contributed by atoms with Crippen LogP contribution in [0.2, 0.25) is 0 Å². The average molecular weight is 350 g/mol. The Balaban J connectivity index is 1.72. The molecule has 2 N–H and O–H groups in total. The van der Waals surface area contributed by atoms with Gasteiger partial charge in [-0.2, -0.15) is 5.10 Å². The summed E-state index contributed by atoms with van der Waals surface area (Å²) >= 11 is 0. The Kier molecular flexibility index (Phi) is 6.18. The van der Waals surface area contributed by atoms with Gasteiger partial charge in [-0.15, -0.1) is 0 Å². The van der Waals surface area contributed by atoms with Crippen molar-refractivity contribution in [2.45, 2.75) is 33.2 Å². The number of amides is 2. The molecule has 0 spiro atoms. The van der Waals surface area contributed by atoms with Crippen LogP contribution in [0.5, 0.6) is 0 Å². The van der Waals surface area contributed by atoms with Gasteiger partial charge in [0.2, 0.25) is 11.8 Å². The number of anilines is 1. The zero-order valence-corrected chi connectivity index (χ0v) is 15.9. The van der Waals surface area contributed by atoms with Crippen LogP contribution in [0.1, 0.15) is 26.5 Å². The molecule has 2 amide bonds. The Morgan fingerprint density at radius 2 is 1.60 bits per heavy atom. The summed E-state index contributed by atoms with van der Waals surface area (Å²) in [7, 11) is 1.81. The molecule has 2 rings (SSSR count). The number of rotatable bonds is 5. The van der Waals surface area contributed by atoms with Gasteiger partial charge in [-0.1, -0.05) is 0 Å². The molecule has 0 atom stereocenters. The van der Waals surface area contributed by atoms with Gasteiger partial charge in [-0.05, 0) is 27.7 Å². The minimum Gasteiger partial charge on any atom is -0.350 e. The summed E-state index contributed by atoms with van der Waals surface area (Å²) in [6.07, 6.45) is 0. The van der Waals surface area contributed by atoms with Gasteiger partial charge in [0.15, 0.2) is 0 Å². The van der Waals surface area contributed by atoms with E-state index in [0.717, 1.165) is 31.9 Å². The Bertz CT molecular complexity index is 611. The fourth-order valence-electron chi connectivity index (χ4n) is 2.88. The van der Waals surface area contributed by atoms with Gasteiger partial charge >= 0.3 is 0 Å². The van der Waals surface area contributed by atoms with Crippen molar-refractivity contribution in [3.05, 3.63) is 11.8 Å². The maximum absolute atomic E-state index is 12.2. The van der Waals surface area contributed by atoms with Crippen molar-refractivity contribution in [1.82, 2.24) is 24.9 Å². The summed E-state index contributed by atoms with van der Waals surface area (Å²) in [5, 5.41) is 10.1. The van der Waals surface area contributed by atoms with Crippen molar-refractivity contribution < 1.29 is 9.59 Å². The van der Waals surface area contributed by atoms with E-state index >= 15 is 0 Å². The van der Waals surface area contributed by atoms with Gasteiger partial charge in [0.05, 0.1) is 18.8 Å². The van der Waals surface area contributed by atoms with Crippen molar-refractivity contribution in [2.24, 2.45) is 7.05 Å². The number of hydrogen-bond acceptors (Lipinski definition) is 5. The second-order valence-electron chi connectivity index (χ2n) is 7.69. The van der Waals surface area contributed by atoms with Crippen LogP contribution in [0.4, 0.5) is 5.82 Å². The maximum Gasteiger partial charge on any atom is 0.239 e. The Morgan fingerprint density at radius 3 is 2.04 bits per heavy atom. The van der Waals surface area contributed by atoms with E-state index < -0.39 is 0 Å². The summed E-state index contributed by atoms with van der Waals surface area (Å²) in [6, 6.07) is 1.85. The Hall–Kier alpha value is -1.93. The smallest absolute Gasteiger partial charge is 0.239 e. The molecule has 0 aliphatic carbocycles. The lowest BCUT2D eigenvalue weighted by Gasteiger charge is -2.34. The van der Waals surface area contributed by atoms with Crippen molar-refractivity contribution in [3.63, 3.8) is 0 Å². The zero-order valence-electron chi connectivity index (χ0n) is 15.9.